The Labute approximate surface area is 95.3 Å². The first-order valence-corrected chi connectivity index (χ1v) is 5.01. The molecule has 0 fully saturated rings. The number of nitrogens with one attached hydrogen (secondary N) is 1. The van der Waals surface area contributed by atoms with Crippen LogP contribution in [0.2, 0.25) is 0 Å². The van der Waals surface area contributed by atoms with Gasteiger partial charge in [-0.2, -0.15) is 0 Å². The Hall–Kier alpha value is -1.84. The van der Waals surface area contributed by atoms with Crippen molar-refractivity contribution in [2.45, 2.75) is 13.8 Å². The van der Waals surface area contributed by atoms with E-state index in [1.54, 1.807) is 32.3 Å². The molecule has 1 rings (SSSR count). The number of hydrogen-bond donors (Lipinski definition) is 1. The van der Waals surface area contributed by atoms with Gasteiger partial charge in [-0.25, -0.2) is 0 Å². The van der Waals surface area contributed by atoms with Gasteiger partial charge in [-0.15, -0.1) is 0 Å². The lowest BCUT2D eigenvalue weighted by Crippen LogP contribution is -2.22. The van der Waals surface area contributed by atoms with Crippen LogP contribution in [0.1, 0.15) is 22.8 Å². The van der Waals surface area contributed by atoms with E-state index in [0.29, 0.717) is 11.3 Å². The van der Waals surface area contributed by atoms with Gasteiger partial charge >= 0.3 is 0 Å². The highest BCUT2D eigenvalue weighted by atomic mass is 16.2. The van der Waals surface area contributed by atoms with E-state index in [-0.39, 0.29) is 11.8 Å². The maximum absolute atomic E-state index is 11.7. The molecule has 0 spiro atoms. The predicted molar refractivity (Wildman–Crippen MR) is 63.5 cm³/mol. The number of anilines is 1. The summed E-state index contributed by atoms with van der Waals surface area (Å²) in [5.74, 6) is -0.155. The molecule has 0 heterocycles. The Morgan fingerprint density at radius 1 is 1.25 bits per heavy atom. The molecule has 86 valence electrons. The lowest BCUT2D eigenvalue weighted by molar-refractivity contribution is -0.114. The fourth-order valence-electron chi connectivity index (χ4n) is 1.43. The van der Waals surface area contributed by atoms with Crippen molar-refractivity contribution in [1.29, 1.82) is 0 Å². The number of amides is 2. The second-order valence-corrected chi connectivity index (χ2v) is 3.91. The zero-order valence-corrected chi connectivity index (χ0v) is 10.00. The van der Waals surface area contributed by atoms with E-state index in [2.05, 4.69) is 5.32 Å². The topological polar surface area (TPSA) is 49.4 Å². The van der Waals surface area contributed by atoms with Gasteiger partial charge in [0.1, 0.15) is 0 Å². The first-order valence-electron chi connectivity index (χ1n) is 5.01. The second-order valence-electron chi connectivity index (χ2n) is 3.91. The average molecular weight is 220 g/mol. The first-order chi connectivity index (χ1) is 7.41. The van der Waals surface area contributed by atoms with Crippen molar-refractivity contribution in [3.05, 3.63) is 29.3 Å². The van der Waals surface area contributed by atoms with Crippen molar-refractivity contribution in [2.75, 3.05) is 19.4 Å². The van der Waals surface area contributed by atoms with Gasteiger partial charge in [0.15, 0.2) is 0 Å². The van der Waals surface area contributed by atoms with Crippen molar-refractivity contribution in [1.82, 2.24) is 4.90 Å². The Bertz CT molecular complexity index is 425. The molecule has 0 aliphatic carbocycles. The number of benzene rings is 1. The summed E-state index contributed by atoms with van der Waals surface area (Å²) in [5, 5.41) is 2.68. The molecule has 1 N–H and O–H groups in total. The average Bonchev–Trinajstić information content (AvgIpc) is 2.15. The van der Waals surface area contributed by atoms with Gasteiger partial charge in [0.2, 0.25) is 5.91 Å². The zero-order valence-electron chi connectivity index (χ0n) is 10.00. The molecule has 1 aromatic carbocycles. The minimum atomic E-state index is -0.119. The van der Waals surface area contributed by atoms with Crippen molar-refractivity contribution in [3.8, 4) is 0 Å². The molecule has 0 aliphatic rings. The highest BCUT2D eigenvalue weighted by molar-refractivity contribution is 5.96. The molecule has 4 nitrogen and oxygen atoms in total. The summed E-state index contributed by atoms with van der Waals surface area (Å²) >= 11 is 0. The molecule has 0 saturated carbocycles. The van der Waals surface area contributed by atoms with Crippen molar-refractivity contribution in [3.63, 3.8) is 0 Å². The van der Waals surface area contributed by atoms with Gasteiger partial charge < -0.3 is 10.2 Å². The van der Waals surface area contributed by atoms with Crippen LogP contribution >= 0.6 is 0 Å². The third-order valence-corrected chi connectivity index (χ3v) is 2.18. The first kappa shape index (κ1) is 12.2. The third-order valence-electron chi connectivity index (χ3n) is 2.18. The van der Waals surface area contributed by atoms with Crippen LogP contribution in [-0.2, 0) is 4.79 Å². The summed E-state index contributed by atoms with van der Waals surface area (Å²) in [7, 11) is 3.42. The highest BCUT2D eigenvalue weighted by Crippen LogP contribution is 2.16. The van der Waals surface area contributed by atoms with Crippen LogP contribution in [0, 0.1) is 6.92 Å². The van der Waals surface area contributed by atoms with E-state index in [1.807, 2.05) is 6.92 Å². The normalized spacial score (nSPS) is 9.75. The summed E-state index contributed by atoms with van der Waals surface area (Å²) < 4.78 is 0. The number of carbonyl (C=O) groups excluding carboxylic acids is 2. The standard InChI is InChI=1S/C12H16N2O2/c1-8-7-10(13-9(2)15)5-6-11(8)12(16)14(3)4/h5-7H,1-4H3,(H,13,15). The predicted octanol–water partition coefficient (Wildman–Crippen LogP) is 1.66. The largest absolute Gasteiger partial charge is 0.345 e. The summed E-state index contributed by atoms with van der Waals surface area (Å²) in [6, 6.07) is 5.24. The molecule has 0 saturated heterocycles. The Morgan fingerprint density at radius 2 is 1.88 bits per heavy atom. The summed E-state index contributed by atoms with van der Waals surface area (Å²) in [6.45, 7) is 3.30. The van der Waals surface area contributed by atoms with Gasteiger partial charge in [0.05, 0.1) is 0 Å². The molecule has 2 amide bonds. The molecule has 4 heteroatoms. The molecule has 0 radical (unpaired) electrons. The minimum Gasteiger partial charge on any atom is -0.345 e. The molecule has 0 aromatic heterocycles. The van der Waals surface area contributed by atoms with E-state index in [9.17, 15) is 9.59 Å². The fourth-order valence-corrected chi connectivity index (χ4v) is 1.43. The monoisotopic (exact) mass is 220 g/mol. The maximum atomic E-state index is 11.7. The number of carbonyl (C=O) groups is 2. The molecular formula is C12H16N2O2. The lowest BCUT2D eigenvalue weighted by Gasteiger charge is -2.13. The molecule has 16 heavy (non-hydrogen) atoms. The summed E-state index contributed by atoms with van der Waals surface area (Å²) in [4.78, 5) is 24.1. The second kappa shape index (κ2) is 4.79. The highest BCUT2D eigenvalue weighted by Gasteiger charge is 2.11. The van der Waals surface area contributed by atoms with Gasteiger partial charge in [0, 0.05) is 32.3 Å². The Balaban J connectivity index is 3.00. The van der Waals surface area contributed by atoms with E-state index in [0.717, 1.165) is 5.56 Å². The van der Waals surface area contributed by atoms with Crippen LogP contribution in [0.5, 0.6) is 0 Å². The van der Waals surface area contributed by atoms with Gasteiger partial charge in [-0.05, 0) is 30.7 Å². The molecule has 0 bridgehead atoms. The van der Waals surface area contributed by atoms with Crippen molar-refractivity contribution < 1.29 is 9.59 Å². The smallest absolute Gasteiger partial charge is 0.253 e. The number of aryl methyl sites for hydroxylation is 1. The minimum absolute atomic E-state index is 0.0353. The molecule has 0 atom stereocenters. The van der Waals surface area contributed by atoms with E-state index in [1.165, 1.54) is 11.8 Å². The Kier molecular flexibility index (Phi) is 3.66. The lowest BCUT2D eigenvalue weighted by atomic mass is 10.1. The van der Waals surface area contributed by atoms with E-state index in [4.69, 9.17) is 0 Å². The van der Waals surface area contributed by atoms with Crippen molar-refractivity contribution in [2.24, 2.45) is 0 Å². The van der Waals surface area contributed by atoms with Crippen molar-refractivity contribution >= 4 is 17.5 Å². The molecule has 0 unspecified atom stereocenters. The Morgan fingerprint density at radius 3 is 2.31 bits per heavy atom. The van der Waals surface area contributed by atoms with Gasteiger partial charge in [-0.1, -0.05) is 0 Å². The van der Waals surface area contributed by atoms with Crippen LogP contribution in [0.15, 0.2) is 18.2 Å². The fraction of sp³-hybridized carbons (Fsp3) is 0.333. The van der Waals surface area contributed by atoms with Gasteiger partial charge in [-0.3, -0.25) is 9.59 Å². The molecule has 1 aromatic rings. The maximum Gasteiger partial charge on any atom is 0.253 e. The number of nitrogens with zero attached hydrogens (tertiary/aromatic N) is 1. The van der Waals surface area contributed by atoms with Crippen LogP contribution in [0.3, 0.4) is 0 Å². The summed E-state index contributed by atoms with van der Waals surface area (Å²) in [6.07, 6.45) is 0. The summed E-state index contributed by atoms with van der Waals surface area (Å²) in [5.41, 5.74) is 2.21. The third kappa shape index (κ3) is 2.82. The van der Waals surface area contributed by atoms with Crippen LogP contribution in [-0.4, -0.2) is 30.8 Å². The quantitative estimate of drug-likeness (QED) is 0.824. The number of hydrogen-bond acceptors (Lipinski definition) is 2. The molecule has 0 aliphatic heterocycles. The van der Waals surface area contributed by atoms with Crippen LogP contribution in [0.4, 0.5) is 5.69 Å². The van der Waals surface area contributed by atoms with Crippen LogP contribution < -0.4 is 5.32 Å². The van der Waals surface area contributed by atoms with E-state index < -0.39 is 0 Å². The SMILES string of the molecule is CC(=O)Nc1ccc(C(=O)N(C)C)c(C)c1. The van der Waals surface area contributed by atoms with Gasteiger partial charge in [0.25, 0.3) is 5.91 Å². The van der Waals surface area contributed by atoms with E-state index >= 15 is 0 Å². The zero-order chi connectivity index (χ0) is 12.3. The number of rotatable bonds is 2. The molecular weight excluding hydrogens is 204 g/mol. The van der Waals surface area contributed by atoms with Crippen LogP contribution in [0.25, 0.3) is 0 Å².